The summed E-state index contributed by atoms with van der Waals surface area (Å²) < 4.78 is 1.03. The molecule has 0 aliphatic heterocycles. The van der Waals surface area contributed by atoms with Crippen molar-refractivity contribution in [2.75, 3.05) is 11.1 Å². The number of aromatic nitrogens is 1. The molecule has 0 spiro atoms. The average Bonchev–Trinajstić information content (AvgIpc) is 2.86. The lowest BCUT2D eigenvalue weighted by atomic mass is 10.2. The van der Waals surface area contributed by atoms with Crippen LogP contribution >= 0.6 is 22.9 Å². The highest BCUT2D eigenvalue weighted by Crippen LogP contribution is 2.28. The van der Waals surface area contributed by atoms with E-state index in [2.05, 4.69) is 10.3 Å². The number of carbonyl (C=O) groups excluding carboxylic acids is 1. The Bertz CT molecular complexity index is 844. The van der Waals surface area contributed by atoms with Crippen molar-refractivity contribution in [3.05, 3.63) is 52.1 Å². The number of hydrogen-bond donors (Lipinski definition) is 2. The number of halogens is 1. The Morgan fingerprint density at radius 1 is 1.33 bits per heavy atom. The van der Waals surface area contributed by atoms with Gasteiger partial charge in [0.25, 0.3) is 5.91 Å². The smallest absolute Gasteiger partial charge is 0.265 e. The molecule has 0 bridgehead atoms. The van der Waals surface area contributed by atoms with Gasteiger partial charge in [-0.1, -0.05) is 11.6 Å². The predicted molar refractivity (Wildman–Crippen MR) is 88.2 cm³/mol. The number of amides is 1. The van der Waals surface area contributed by atoms with Crippen LogP contribution in [0, 0.1) is 6.92 Å². The number of fused-ring (bicyclic) bond motifs is 1. The van der Waals surface area contributed by atoms with E-state index in [4.69, 9.17) is 17.3 Å². The summed E-state index contributed by atoms with van der Waals surface area (Å²) in [5.41, 5.74) is 7.87. The zero-order chi connectivity index (χ0) is 15.0. The summed E-state index contributed by atoms with van der Waals surface area (Å²) in [6.07, 6.45) is 1.54. The van der Waals surface area contributed by atoms with Gasteiger partial charge in [0.15, 0.2) is 0 Å². The number of rotatable bonds is 2. The molecule has 0 saturated carbocycles. The Morgan fingerprint density at radius 3 is 2.90 bits per heavy atom. The molecule has 0 atom stereocenters. The molecule has 2 aromatic heterocycles. The third-order valence-electron chi connectivity index (χ3n) is 3.04. The van der Waals surface area contributed by atoms with Gasteiger partial charge in [0.1, 0.15) is 5.15 Å². The molecule has 6 heteroatoms. The van der Waals surface area contributed by atoms with Gasteiger partial charge in [-0.25, -0.2) is 4.98 Å². The number of carbonyl (C=O) groups is 1. The molecule has 2 heterocycles. The Hall–Kier alpha value is -2.11. The first-order valence-corrected chi connectivity index (χ1v) is 7.45. The highest BCUT2D eigenvalue weighted by atomic mass is 35.5. The maximum absolute atomic E-state index is 12.3. The maximum Gasteiger partial charge on any atom is 0.265 e. The number of nitrogens with zero attached hydrogens (tertiary/aromatic N) is 1. The summed E-state index contributed by atoms with van der Waals surface area (Å²) in [4.78, 5) is 16.9. The van der Waals surface area contributed by atoms with Gasteiger partial charge in [-0.2, -0.15) is 0 Å². The van der Waals surface area contributed by atoms with Crippen molar-refractivity contribution < 1.29 is 4.79 Å². The van der Waals surface area contributed by atoms with Crippen LogP contribution in [0.4, 0.5) is 11.4 Å². The SMILES string of the molecule is Cc1cc(NC(=O)c2cc3cc(N)ccc3s2)cnc1Cl. The average molecular weight is 318 g/mol. The standard InChI is InChI=1S/C15H12ClN3OS/c1-8-4-11(7-18-14(8)16)19-15(20)13-6-9-5-10(17)2-3-12(9)21-13/h2-7H,17H2,1H3,(H,19,20). The minimum absolute atomic E-state index is 0.168. The van der Waals surface area contributed by atoms with E-state index in [1.54, 1.807) is 12.3 Å². The number of pyridine rings is 1. The number of aryl methyl sites for hydroxylation is 1. The predicted octanol–water partition coefficient (Wildman–Crippen LogP) is 4.09. The molecule has 0 fully saturated rings. The number of hydrogen-bond acceptors (Lipinski definition) is 4. The number of anilines is 2. The van der Waals surface area contributed by atoms with E-state index >= 15 is 0 Å². The van der Waals surface area contributed by atoms with Gasteiger partial charge in [0, 0.05) is 10.4 Å². The minimum atomic E-state index is -0.168. The largest absolute Gasteiger partial charge is 0.399 e. The summed E-state index contributed by atoms with van der Waals surface area (Å²) in [7, 11) is 0. The van der Waals surface area contributed by atoms with Gasteiger partial charge < -0.3 is 11.1 Å². The van der Waals surface area contributed by atoms with Crippen molar-refractivity contribution in [2.45, 2.75) is 6.92 Å². The van der Waals surface area contributed by atoms with Gasteiger partial charge in [-0.3, -0.25) is 4.79 Å². The number of benzene rings is 1. The van der Waals surface area contributed by atoms with Crippen LogP contribution in [0.5, 0.6) is 0 Å². The monoisotopic (exact) mass is 317 g/mol. The second kappa shape index (κ2) is 5.35. The Labute approximate surface area is 130 Å². The number of nitrogen functional groups attached to an aromatic ring is 1. The first-order chi connectivity index (χ1) is 10.0. The zero-order valence-electron chi connectivity index (χ0n) is 11.2. The van der Waals surface area contributed by atoms with Crippen LogP contribution in [0.2, 0.25) is 5.15 Å². The molecule has 0 aliphatic carbocycles. The van der Waals surface area contributed by atoms with Crippen molar-refractivity contribution in [2.24, 2.45) is 0 Å². The molecule has 0 radical (unpaired) electrons. The molecule has 1 aromatic carbocycles. The van der Waals surface area contributed by atoms with E-state index in [9.17, 15) is 4.79 Å². The fourth-order valence-electron chi connectivity index (χ4n) is 1.99. The second-order valence-corrected chi connectivity index (χ2v) is 6.14. The summed E-state index contributed by atoms with van der Waals surface area (Å²) >= 11 is 7.30. The highest BCUT2D eigenvalue weighted by Gasteiger charge is 2.11. The molecule has 3 aromatic rings. The first kappa shape index (κ1) is 13.9. The van der Waals surface area contributed by atoms with Crippen molar-refractivity contribution in [1.82, 2.24) is 4.98 Å². The van der Waals surface area contributed by atoms with Crippen LogP contribution in [0.3, 0.4) is 0 Å². The van der Waals surface area contributed by atoms with Crippen molar-refractivity contribution in [3.63, 3.8) is 0 Å². The lowest BCUT2D eigenvalue weighted by molar-refractivity contribution is 0.103. The number of nitrogens with two attached hydrogens (primary N) is 1. The molecular weight excluding hydrogens is 306 g/mol. The minimum Gasteiger partial charge on any atom is -0.399 e. The van der Waals surface area contributed by atoms with Gasteiger partial charge in [-0.05, 0) is 48.2 Å². The maximum atomic E-state index is 12.3. The summed E-state index contributed by atoms with van der Waals surface area (Å²) in [5, 5.41) is 4.22. The third-order valence-corrected chi connectivity index (χ3v) is 4.55. The summed E-state index contributed by atoms with van der Waals surface area (Å²) in [6, 6.07) is 9.23. The fraction of sp³-hybridized carbons (Fsp3) is 0.0667. The third kappa shape index (κ3) is 2.84. The van der Waals surface area contributed by atoms with E-state index in [1.165, 1.54) is 11.3 Å². The van der Waals surface area contributed by atoms with Crippen LogP contribution in [0.1, 0.15) is 15.2 Å². The highest BCUT2D eigenvalue weighted by molar-refractivity contribution is 7.20. The Balaban J connectivity index is 1.87. The zero-order valence-corrected chi connectivity index (χ0v) is 12.8. The van der Waals surface area contributed by atoms with E-state index in [0.29, 0.717) is 21.4 Å². The van der Waals surface area contributed by atoms with Gasteiger partial charge in [-0.15, -0.1) is 11.3 Å². The topological polar surface area (TPSA) is 68.0 Å². The second-order valence-electron chi connectivity index (χ2n) is 4.69. The van der Waals surface area contributed by atoms with Crippen LogP contribution < -0.4 is 11.1 Å². The van der Waals surface area contributed by atoms with Crippen LogP contribution in [-0.2, 0) is 0 Å². The molecule has 21 heavy (non-hydrogen) atoms. The van der Waals surface area contributed by atoms with Crippen LogP contribution in [0.25, 0.3) is 10.1 Å². The van der Waals surface area contributed by atoms with Gasteiger partial charge >= 0.3 is 0 Å². The van der Waals surface area contributed by atoms with Crippen LogP contribution in [0.15, 0.2) is 36.5 Å². The number of nitrogens with one attached hydrogen (secondary N) is 1. The van der Waals surface area contributed by atoms with E-state index in [1.807, 2.05) is 31.2 Å². The van der Waals surface area contributed by atoms with Crippen molar-refractivity contribution >= 4 is 50.3 Å². The lowest BCUT2D eigenvalue weighted by Crippen LogP contribution is -2.10. The molecule has 0 aliphatic rings. The van der Waals surface area contributed by atoms with E-state index in [0.717, 1.165) is 15.6 Å². The molecule has 1 amide bonds. The summed E-state index contributed by atoms with van der Waals surface area (Å²) in [5.74, 6) is -0.168. The molecule has 0 saturated heterocycles. The summed E-state index contributed by atoms with van der Waals surface area (Å²) in [6.45, 7) is 1.84. The first-order valence-electron chi connectivity index (χ1n) is 6.25. The molecule has 4 nitrogen and oxygen atoms in total. The molecule has 3 N–H and O–H groups in total. The van der Waals surface area contributed by atoms with Crippen LogP contribution in [-0.4, -0.2) is 10.9 Å². The quantitative estimate of drug-likeness (QED) is 0.552. The number of thiophene rings is 1. The normalized spacial score (nSPS) is 10.8. The van der Waals surface area contributed by atoms with E-state index in [-0.39, 0.29) is 5.91 Å². The van der Waals surface area contributed by atoms with Crippen molar-refractivity contribution in [3.8, 4) is 0 Å². The Morgan fingerprint density at radius 2 is 2.14 bits per heavy atom. The molecule has 3 rings (SSSR count). The Kier molecular flexibility index (Phi) is 3.53. The van der Waals surface area contributed by atoms with Gasteiger partial charge in [0.2, 0.25) is 0 Å². The van der Waals surface area contributed by atoms with Gasteiger partial charge in [0.05, 0.1) is 16.8 Å². The lowest BCUT2D eigenvalue weighted by Gasteiger charge is -2.04. The molecule has 0 unspecified atom stereocenters. The molecular formula is C15H12ClN3OS. The van der Waals surface area contributed by atoms with E-state index < -0.39 is 0 Å². The molecule has 106 valence electrons. The fourth-order valence-corrected chi connectivity index (χ4v) is 3.03. The van der Waals surface area contributed by atoms with Crippen molar-refractivity contribution in [1.29, 1.82) is 0 Å².